The molecule has 2 rings (SSSR count). The summed E-state index contributed by atoms with van der Waals surface area (Å²) in [6.45, 7) is 3.92. The first-order valence-corrected chi connectivity index (χ1v) is 7.59. The van der Waals surface area contributed by atoms with Crippen LogP contribution in [0.4, 0.5) is 5.82 Å². The van der Waals surface area contributed by atoms with Crippen LogP contribution in [0.1, 0.15) is 33.6 Å². The highest BCUT2D eigenvalue weighted by atomic mass is 32.1. The smallest absolute Gasteiger partial charge is 0.261 e. The van der Waals surface area contributed by atoms with Crippen LogP contribution in [-0.2, 0) is 11.2 Å². The van der Waals surface area contributed by atoms with Gasteiger partial charge in [-0.1, -0.05) is 13.3 Å². The number of H-pyrrole nitrogens is 1. The summed E-state index contributed by atoms with van der Waals surface area (Å²) in [5.74, 6) is -0.0622. The first-order valence-electron chi connectivity index (χ1n) is 6.77. The Morgan fingerprint density at radius 3 is 2.86 bits per heavy atom. The Morgan fingerprint density at radius 2 is 2.19 bits per heavy atom. The standard InChI is InChI=1S/C14H18N4O2S/c1-3-4-10-7-12(18-17-10)16-13(19)8-15-14(20)11-6-5-9(2)21-11/h5-7H,3-4,8H2,1-2H3,(H,15,20)(H2,16,17,18,19). The summed E-state index contributed by atoms with van der Waals surface area (Å²) in [6, 6.07) is 5.42. The largest absolute Gasteiger partial charge is 0.342 e. The van der Waals surface area contributed by atoms with Gasteiger partial charge in [0.15, 0.2) is 5.82 Å². The van der Waals surface area contributed by atoms with Crippen LogP contribution < -0.4 is 10.6 Å². The van der Waals surface area contributed by atoms with Crippen molar-refractivity contribution in [1.82, 2.24) is 15.5 Å². The summed E-state index contributed by atoms with van der Waals surface area (Å²) in [4.78, 5) is 25.2. The van der Waals surface area contributed by atoms with Crippen LogP contribution in [0.3, 0.4) is 0 Å². The summed E-state index contributed by atoms with van der Waals surface area (Å²) < 4.78 is 0. The fourth-order valence-electron chi connectivity index (χ4n) is 1.81. The molecular formula is C14H18N4O2S. The number of aromatic nitrogens is 2. The number of anilines is 1. The Labute approximate surface area is 127 Å². The minimum atomic E-state index is -0.300. The van der Waals surface area contributed by atoms with Crippen LogP contribution >= 0.6 is 11.3 Å². The fourth-order valence-corrected chi connectivity index (χ4v) is 2.60. The van der Waals surface area contributed by atoms with Gasteiger partial charge in [-0.05, 0) is 25.5 Å². The first-order chi connectivity index (χ1) is 10.1. The molecule has 2 aromatic heterocycles. The predicted molar refractivity (Wildman–Crippen MR) is 82.6 cm³/mol. The molecule has 0 bridgehead atoms. The average molecular weight is 306 g/mol. The van der Waals surface area contributed by atoms with E-state index in [1.165, 1.54) is 11.3 Å². The van der Waals surface area contributed by atoms with Crippen molar-refractivity contribution in [2.75, 3.05) is 11.9 Å². The van der Waals surface area contributed by atoms with E-state index in [9.17, 15) is 9.59 Å². The van der Waals surface area contributed by atoms with Gasteiger partial charge in [-0.15, -0.1) is 11.3 Å². The van der Waals surface area contributed by atoms with E-state index in [2.05, 4.69) is 27.8 Å². The van der Waals surface area contributed by atoms with E-state index in [1.54, 1.807) is 12.1 Å². The quantitative estimate of drug-likeness (QED) is 0.764. The van der Waals surface area contributed by atoms with Crippen molar-refractivity contribution in [1.29, 1.82) is 0 Å². The Bertz CT molecular complexity index is 632. The Hall–Kier alpha value is -2.15. The van der Waals surface area contributed by atoms with Crippen LogP contribution in [0.5, 0.6) is 0 Å². The normalized spacial score (nSPS) is 10.4. The van der Waals surface area contributed by atoms with Crippen LogP contribution in [0.15, 0.2) is 18.2 Å². The molecule has 0 unspecified atom stereocenters. The molecule has 6 nitrogen and oxygen atoms in total. The summed E-state index contributed by atoms with van der Waals surface area (Å²) in [5, 5.41) is 12.1. The highest BCUT2D eigenvalue weighted by molar-refractivity contribution is 7.13. The number of hydrogen-bond donors (Lipinski definition) is 3. The van der Waals surface area contributed by atoms with E-state index < -0.39 is 0 Å². The summed E-state index contributed by atoms with van der Waals surface area (Å²) in [7, 11) is 0. The van der Waals surface area contributed by atoms with Gasteiger partial charge in [-0.3, -0.25) is 14.7 Å². The van der Waals surface area contributed by atoms with Crippen LogP contribution in [0, 0.1) is 6.92 Å². The maximum Gasteiger partial charge on any atom is 0.261 e. The summed E-state index contributed by atoms with van der Waals surface area (Å²) in [6.07, 6.45) is 1.89. The second kappa shape index (κ2) is 7.03. The van der Waals surface area contributed by atoms with Gasteiger partial charge in [-0.25, -0.2) is 0 Å². The molecule has 21 heavy (non-hydrogen) atoms. The molecule has 3 N–H and O–H groups in total. The number of carbonyl (C=O) groups excluding carboxylic acids is 2. The zero-order valence-corrected chi connectivity index (χ0v) is 12.8. The van der Waals surface area contributed by atoms with Gasteiger partial charge in [-0.2, -0.15) is 5.10 Å². The van der Waals surface area contributed by atoms with Crippen molar-refractivity contribution < 1.29 is 9.59 Å². The van der Waals surface area contributed by atoms with Crippen LogP contribution in [-0.4, -0.2) is 28.6 Å². The highest BCUT2D eigenvalue weighted by Crippen LogP contribution is 2.14. The Kier molecular flexibility index (Phi) is 5.10. The van der Waals surface area contributed by atoms with Crippen molar-refractivity contribution in [3.63, 3.8) is 0 Å². The van der Waals surface area contributed by atoms with Gasteiger partial charge in [0.25, 0.3) is 5.91 Å². The lowest BCUT2D eigenvalue weighted by molar-refractivity contribution is -0.115. The zero-order valence-electron chi connectivity index (χ0n) is 12.0. The van der Waals surface area contributed by atoms with E-state index in [0.29, 0.717) is 10.7 Å². The van der Waals surface area contributed by atoms with Gasteiger partial charge in [0.1, 0.15) is 0 Å². The molecule has 0 radical (unpaired) electrons. The molecule has 0 spiro atoms. The maximum absolute atomic E-state index is 11.8. The van der Waals surface area contributed by atoms with Gasteiger partial charge in [0.2, 0.25) is 5.91 Å². The lowest BCUT2D eigenvalue weighted by Gasteiger charge is -2.03. The molecule has 112 valence electrons. The Balaban J connectivity index is 1.80. The first kappa shape index (κ1) is 15.2. The van der Waals surface area contributed by atoms with Gasteiger partial charge in [0.05, 0.1) is 11.4 Å². The van der Waals surface area contributed by atoms with E-state index in [-0.39, 0.29) is 18.4 Å². The van der Waals surface area contributed by atoms with E-state index >= 15 is 0 Å². The molecule has 0 atom stereocenters. The maximum atomic E-state index is 11.8. The van der Waals surface area contributed by atoms with Crippen molar-refractivity contribution >= 4 is 29.0 Å². The topological polar surface area (TPSA) is 86.9 Å². The van der Waals surface area contributed by atoms with Crippen molar-refractivity contribution in [2.24, 2.45) is 0 Å². The van der Waals surface area contributed by atoms with E-state index in [4.69, 9.17) is 0 Å². The molecule has 0 aliphatic heterocycles. The third-order valence-corrected chi connectivity index (χ3v) is 3.79. The summed E-state index contributed by atoms with van der Waals surface area (Å²) in [5.41, 5.74) is 0.978. The number of amides is 2. The monoisotopic (exact) mass is 306 g/mol. The molecule has 0 aromatic carbocycles. The zero-order chi connectivity index (χ0) is 15.2. The molecule has 0 aliphatic carbocycles. The number of aryl methyl sites for hydroxylation is 2. The molecule has 0 saturated carbocycles. The minimum absolute atomic E-state index is 0.0776. The number of nitrogens with one attached hydrogen (secondary N) is 3. The number of thiophene rings is 1. The predicted octanol–water partition coefficient (Wildman–Crippen LogP) is 2.10. The molecule has 2 heterocycles. The van der Waals surface area contributed by atoms with E-state index in [0.717, 1.165) is 23.4 Å². The lowest BCUT2D eigenvalue weighted by atomic mass is 10.2. The van der Waals surface area contributed by atoms with Crippen molar-refractivity contribution in [2.45, 2.75) is 26.7 Å². The number of carbonyl (C=O) groups is 2. The van der Waals surface area contributed by atoms with Crippen molar-refractivity contribution in [3.05, 3.63) is 33.6 Å². The molecule has 0 aliphatic rings. The lowest BCUT2D eigenvalue weighted by Crippen LogP contribution is -2.32. The summed E-state index contributed by atoms with van der Waals surface area (Å²) >= 11 is 1.40. The third-order valence-electron chi connectivity index (χ3n) is 2.79. The minimum Gasteiger partial charge on any atom is -0.342 e. The van der Waals surface area contributed by atoms with E-state index in [1.807, 2.05) is 13.0 Å². The van der Waals surface area contributed by atoms with Gasteiger partial charge in [0, 0.05) is 16.6 Å². The molecule has 2 amide bonds. The number of nitrogens with zero attached hydrogens (tertiary/aromatic N) is 1. The molecule has 0 saturated heterocycles. The molecule has 7 heteroatoms. The van der Waals surface area contributed by atoms with Gasteiger partial charge < -0.3 is 10.6 Å². The second-order valence-electron chi connectivity index (χ2n) is 4.67. The highest BCUT2D eigenvalue weighted by Gasteiger charge is 2.11. The number of aromatic amines is 1. The number of hydrogen-bond acceptors (Lipinski definition) is 4. The van der Waals surface area contributed by atoms with Gasteiger partial charge >= 0.3 is 0 Å². The van der Waals surface area contributed by atoms with Crippen LogP contribution in [0.2, 0.25) is 0 Å². The molecule has 0 fully saturated rings. The second-order valence-corrected chi connectivity index (χ2v) is 5.96. The Morgan fingerprint density at radius 1 is 1.38 bits per heavy atom. The average Bonchev–Trinajstić information content (AvgIpc) is 3.06. The SMILES string of the molecule is CCCc1cc(NC(=O)CNC(=O)c2ccc(C)s2)n[nH]1. The fraction of sp³-hybridized carbons (Fsp3) is 0.357. The van der Waals surface area contributed by atoms with Crippen molar-refractivity contribution in [3.8, 4) is 0 Å². The third kappa shape index (κ3) is 4.42. The van der Waals surface area contributed by atoms with Crippen LogP contribution in [0.25, 0.3) is 0 Å². The molecular weight excluding hydrogens is 288 g/mol. The molecule has 2 aromatic rings. The number of rotatable bonds is 6.